The minimum absolute atomic E-state index is 0.0163. The normalized spacial score (nSPS) is 12.6. The number of amides is 1. The first-order valence-electron chi connectivity index (χ1n) is 30.9. The molecule has 0 aromatic carbocycles. The van der Waals surface area contributed by atoms with Gasteiger partial charge in [-0.2, -0.15) is 0 Å². The van der Waals surface area contributed by atoms with Crippen LogP contribution in [0.25, 0.3) is 0 Å². The van der Waals surface area contributed by atoms with Crippen LogP contribution in [0.1, 0.15) is 348 Å². The average molecular weight is 961 g/mol. The molecule has 404 valence electrons. The summed E-state index contributed by atoms with van der Waals surface area (Å²) in [6, 6.07) is -0.554. The van der Waals surface area contributed by atoms with Gasteiger partial charge >= 0.3 is 5.97 Å². The van der Waals surface area contributed by atoms with E-state index in [1.807, 2.05) is 0 Å². The summed E-state index contributed by atoms with van der Waals surface area (Å²) in [5.41, 5.74) is 0. The fourth-order valence-electron chi connectivity index (χ4n) is 9.81. The van der Waals surface area contributed by atoms with E-state index in [4.69, 9.17) is 4.74 Å². The zero-order chi connectivity index (χ0) is 49.3. The van der Waals surface area contributed by atoms with E-state index in [2.05, 4.69) is 31.3 Å². The number of carbonyl (C=O) groups excluding carboxylic acids is 2. The molecule has 0 aromatic heterocycles. The van der Waals surface area contributed by atoms with Gasteiger partial charge in [-0.25, -0.2) is 0 Å². The highest BCUT2D eigenvalue weighted by Crippen LogP contribution is 2.18. The van der Waals surface area contributed by atoms with Crippen LogP contribution >= 0.6 is 0 Å². The first-order valence-corrected chi connectivity index (χ1v) is 30.9. The Kier molecular flexibility index (Phi) is 57.0. The molecule has 0 radical (unpaired) electrons. The van der Waals surface area contributed by atoms with Crippen molar-refractivity contribution in [2.45, 2.75) is 360 Å². The van der Waals surface area contributed by atoms with Gasteiger partial charge in [0.15, 0.2) is 0 Å². The van der Waals surface area contributed by atoms with Crippen LogP contribution in [-0.4, -0.2) is 47.4 Å². The van der Waals surface area contributed by atoms with Gasteiger partial charge < -0.3 is 20.3 Å². The van der Waals surface area contributed by atoms with Crippen molar-refractivity contribution in [1.29, 1.82) is 0 Å². The number of unbranched alkanes of at least 4 members (excludes halogenated alkanes) is 45. The second-order valence-corrected chi connectivity index (χ2v) is 21.4. The summed E-state index contributed by atoms with van der Waals surface area (Å²) in [6.45, 7) is 4.93. The summed E-state index contributed by atoms with van der Waals surface area (Å²) in [5.74, 6) is -0.0630. The van der Waals surface area contributed by atoms with Crippen LogP contribution in [0.5, 0.6) is 0 Å². The number of rotatable bonds is 58. The molecule has 0 heterocycles. The van der Waals surface area contributed by atoms with Gasteiger partial charge in [0.05, 0.1) is 25.4 Å². The van der Waals surface area contributed by atoms with Gasteiger partial charge in [0.25, 0.3) is 0 Å². The molecular formula is C62H121NO5. The molecule has 0 saturated carbocycles. The standard InChI is InChI=1S/C62H121NO5/c1-3-5-7-9-11-13-15-17-19-20-21-22-23-24-25-26-27-28-29-30-34-38-42-46-50-54-60(65)59(58-64)63-61(66)55-51-47-43-39-35-32-33-37-41-45-49-53-57-68-62(67)56-52-48-44-40-36-31-18-16-14-12-10-8-6-4-2/h16,18,59-60,64-65H,3-15,17,19-58H2,1-2H3,(H,63,66)/b18-16-. The topological polar surface area (TPSA) is 95.9 Å². The molecule has 3 N–H and O–H groups in total. The summed E-state index contributed by atoms with van der Waals surface area (Å²) >= 11 is 0. The van der Waals surface area contributed by atoms with E-state index < -0.39 is 12.1 Å². The molecule has 2 atom stereocenters. The Labute approximate surface area is 425 Å². The molecule has 0 fully saturated rings. The van der Waals surface area contributed by atoms with E-state index in [0.717, 1.165) is 57.8 Å². The Bertz CT molecular complexity index is 1020. The lowest BCUT2D eigenvalue weighted by Crippen LogP contribution is -2.45. The molecule has 0 saturated heterocycles. The molecule has 0 spiro atoms. The Morgan fingerprint density at radius 3 is 1.04 bits per heavy atom. The Morgan fingerprint density at radius 1 is 0.397 bits per heavy atom. The highest BCUT2D eigenvalue weighted by molar-refractivity contribution is 5.76. The number of aliphatic hydroxyl groups is 2. The van der Waals surface area contributed by atoms with E-state index in [1.165, 1.54) is 257 Å². The third kappa shape index (κ3) is 53.9. The molecule has 0 bridgehead atoms. The largest absolute Gasteiger partial charge is 0.466 e. The number of carbonyl (C=O) groups is 2. The highest BCUT2D eigenvalue weighted by atomic mass is 16.5. The van der Waals surface area contributed by atoms with Crippen LogP contribution in [0.3, 0.4) is 0 Å². The third-order valence-electron chi connectivity index (χ3n) is 14.6. The highest BCUT2D eigenvalue weighted by Gasteiger charge is 2.20. The van der Waals surface area contributed by atoms with Gasteiger partial charge in [0, 0.05) is 12.8 Å². The quantitative estimate of drug-likeness (QED) is 0.0321. The lowest BCUT2D eigenvalue weighted by atomic mass is 10.0. The van der Waals surface area contributed by atoms with Gasteiger partial charge in [-0.15, -0.1) is 0 Å². The Hall–Kier alpha value is -1.40. The number of hydrogen-bond acceptors (Lipinski definition) is 5. The molecule has 0 rings (SSSR count). The zero-order valence-electron chi connectivity index (χ0n) is 46.1. The van der Waals surface area contributed by atoms with Gasteiger partial charge in [0.2, 0.25) is 5.91 Å². The molecule has 68 heavy (non-hydrogen) atoms. The first-order chi connectivity index (χ1) is 33.5. The molecule has 0 aromatic rings. The van der Waals surface area contributed by atoms with Crippen molar-refractivity contribution in [2.24, 2.45) is 0 Å². The second kappa shape index (κ2) is 58.2. The monoisotopic (exact) mass is 960 g/mol. The summed E-state index contributed by atoms with van der Waals surface area (Å²) in [7, 11) is 0. The minimum atomic E-state index is -0.676. The fourth-order valence-corrected chi connectivity index (χ4v) is 9.81. The van der Waals surface area contributed by atoms with E-state index in [1.54, 1.807) is 0 Å². The van der Waals surface area contributed by atoms with Gasteiger partial charge in [-0.05, 0) is 51.4 Å². The predicted octanol–water partition coefficient (Wildman–Crippen LogP) is 19.2. The Morgan fingerprint density at radius 2 is 0.691 bits per heavy atom. The molecule has 1 amide bonds. The van der Waals surface area contributed by atoms with Crippen molar-refractivity contribution >= 4 is 11.9 Å². The van der Waals surface area contributed by atoms with E-state index in [9.17, 15) is 19.8 Å². The van der Waals surface area contributed by atoms with E-state index >= 15 is 0 Å². The van der Waals surface area contributed by atoms with Crippen molar-refractivity contribution in [2.75, 3.05) is 13.2 Å². The van der Waals surface area contributed by atoms with Crippen LogP contribution in [0, 0.1) is 0 Å². The average Bonchev–Trinajstić information content (AvgIpc) is 3.34. The summed E-state index contributed by atoms with van der Waals surface area (Å²) in [6.07, 6.45) is 69.3. The lowest BCUT2D eigenvalue weighted by molar-refractivity contribution is -0.143. The number of ether oxygens (including phenoxy) is 1. The van der Waals surface area contributed by atoms with Crippen LogP contribution in [0.2, 0.25) is 0 Å². The lowest BCUT2D eigenvalue weighted by Gasteiger charge is -2.22. The van der Waals surface area contributed by atoms with E-state index in [0.29, 0.717) is 25.9 Å². The number of esters is 1. The molecule has 6 nitrogen and oxygen atoms in total. The van der Waals surface area contributed by atoms with Crippen molar-refractivity contribution < 1.29 is 24.5 Å². The second-order valence-electron chi connectivity index (χ2n) is 21.4. The van der Waals surface area contributed by atoms with Crippen molar-refractivity contribution in [3.05, 3.63) is 12.2 Å². The van der Waals surface area contributed by atoms with Crippen molar-refractivity contribution in [3.8, 4) is 0 Å². The molecule has 2 unspecified atom stereocenters. The summed E-state index contributed by atoms with van der Waals surface area (Å²) < 4.78 is 5.46. The maximum atomic E-state index is 12.5. The summed E-state index contributed by atoms with van der Waals surface area (Å²) in [4.78, 5) is 24.6. The number of nitrogens with one attached hydrogen (secondary N) is 1. The SMILES string of the molecule is CCCCCCC/C=C\CCCCCCCC(=O)OCCCCCCCCCCCCCCC(=O)NC(CO)C(O)CCCCCCCCCCCCCCCCCCCCCCCCCCC. The molecular weight excluding hydrogens is 839 g/mol. The molecule has 0 aliphatic carbocycles. The fraction of sp³-hybridized carbons (Fsp3) is 0.935. The maximum absolute atomic E-state index is 12.5. The molecule has 0 aliphatic rings. The smallest absolute Gasteiger partial charge is 0.305 e. The van der Waals surface area contributed by atoms with Gasteiger partial charge in [-0.1, -0.05) is 296 Å². The van der Waals surface area contributed by atoms with Gasteiger partial charge in [0.1, 0.15) is 0 Å². The number of hydrogen-bond donors (Lipinski definition) is 3. The number of aliphatic hydroxyl groups excluding tert-OH is 2. The number of allylic oxidation sites excluding steroid dienone is 2. The molecule has 0 aliphatic heterocycles. The first kappa shape index (κ1) is 66.6. The zero-order valence-corrected chi connectivity index (χ0v) is 46.1. The van der Waals surface area contributed by atoms with Crippen molar-refractivity contribution in [1.82, 2.24) is 5.32 Å². The van der Waals surface area contributed by atoms with Crippen LogP contribution < -0.4 is 5.32 Å². The van der Waals surface area contributed by atoms with Crippen LogP contribution in [0.4, 0.5) is 0 Å². The molecule has 6 heteroatoms. The van der Waals surface area contributed by atoms with E-state index in [-0.39, 0.29) is 18.5 Å². The van der Waals surface area contributed by atoms with Crippen LogP contribution in [-0.2, 0) is 14.3 Å². The predicted molar refractivity (Wildman–Crippen MR) is 297 cm³/mol. The minimum Gasteiger partial charge on any atom is -0.466 e. The summed E-state index contributed by atoms with van der Waals surface area (Å²) in [5, 5.41) is 23.4. The van der Waals surface area contributed by atoms with Crippen molar-refractivity contribution in [3.63, 3.8) is 0 Å². The maximum Gasteiger partial charge on any atom is 0.305 e. The van der Waals surface area contributed by atoms with Gasteiger partial charge in [-0.3, -0.25) is 9.59 Å². The van der Waals surface area contributed by atoms with Crippen LogP contribution in [0.15, 0.2) is 12.2 Å². The Balaban J connectivity index is 3.44. The third-order valence-corrected chi connectivity index (χ3v) is 14.6.